The van der Waals surface area contributed by atoms with Crippen LogP contribution < -0.4 is 0 Å². The fraction of sp³-hybridized carbons (Fsp3) is 0.462. The Labute approximate surface area is 120 Å². The summed E-state index contributed by atoms with van der Waals surface area (Å²) in [7, 11) is 0. The topological polar surface area (TPSA) is 71.2 Å². The molecule has 106 valence electrons. The minimum atomic E-state index is -0.799. The molecule has 1 aliphatic heterocycles. The van der Waals surface area contributed by atoms with Crippen molar-refractivity contribution in [3.05, 3.63) is 34.0 Å². The molecule has 6 nitrogen and oxygen atoms in total. The highest BCUT2D eigenvalue weighted by Crippen LogP contribution is 2.34. The zero-order valence-corrected chi connectivity index (χ0v) is 12.0. The molecule has 0 radical (unpaired) electrons. The monoisotopic (exact) mass is 292 g/mol. The van der Waals surface area contributed by atoms with Gasteiger partial charge in [-0.25, -0.2) is 9.67 Å². The molecule has 2 aromatic heterocycles. The van der Waals surface area contributed by atoms with E-state index in [1.54, 1.807) is 11.3 Å². The number of carboxylic acid groups (broad SMARTS) is 1. The number of carbonyl (C=O) groups is 1. The van der Waals surface area contributed by atoms with Crippen LogP contribution in [-0.4, -0.2) is 37.3 Å². The van der Waals surface area contributed by atoms with Gasteiger partial charge < -0.3 is 5.11 Å². The molecule has 1 N–H and O–H groups in total. The highest BCUT2D eigenvalue weighted by molar-refractivity contribution is 7.10. The molecule has 3 heterocycles. The number of aliphatic carboxylic acids is 1. The Hall–Kier alpha value is -1.73. The van der Waals surface area contributed by atoms with Crippen molar-refractivity contribution in [1.82, 2.24) is 19.7 Å². The Morgan fingerprint density at radius 2 is 2.45 bits per heavy atom. The second-order valence-electron chi connectivity index (χ2n) is 4.75. The SMILES string of the molecule is CCn1ncnc1CN1CCc2sccc2C1C(=O)O. The van der Waals surface area contributed by atoms with E-state index in [-0.39, 0.29) is 0 Å². The predicted octanol–water partition coefficient (Wildman–Crippen LogP) is 1.54. The van der Waals surface area contributed by atoms with Gasteiger partial charge in [-0.15, -0.1) is 11.3 Å². The molecule has 0 fully saturated rings. The average Bonchev–Trinajstić information content (AvgIpc) is 3.06. The number of thiophene rings is 1. The Morgan fingerprint density at radius 1 is 1.60 bits per heavy atom. The van der Waals surface area contributed by atoms with Gasteiger partial charge in [-0.05, 0) is 30.4 Å². The van der Waals surface area contributed by atoms with Gasteiger partial charge in [-0.1, -0.05) is 0 Å². The van der Waals surface area contributed by atoms with Crippen molar-refractivity contribution >= 4 is 17.3 Å². The van der Waals surface area contributed by atoms with Crippen molar-refractivity contribution < 1.29 is 9.90 Å². The number of carboxylic acids is 1. The van der Waals surface area contributed by atoms with Gasteiger partial charge in [0.05, 0.1) is 6.54 Å². The van der Waals surface area contributed by atoms with Crippen LogP contribution in [0.3, 0.4) is 0 Å². The van der Waals surface area contributed by atoms with Crippen LogP contribution in [-0.2, 0) is 24.3 Å². The van der Waals surface area contributed by atoms with Gasteiger partial charge in [0.1, 0.15) is 18.2 Å². The molecule has 1 aliphatic rings. The lowest BCUT2D eigenvalue weighted by atomic mass is 10.00. The fourth-order valence-corrected chi connectivity index (χ4v) is 3.59. The zero-order chi connectivity index (χ0) is 14.1. The molecule has 3 rings (SSSR count). The summed E-state index contributed by atoms with van der Waals surface area (Å²) in [6.07, 6.45) is 2.42. The largest absolute Gasteiger partial charge is 0.480 e. The van der Waals surface area contributed by atoms with E-state index in [1.807, 2.05) is 28.0 Å². The molecule has 0 saturated heterocycles. The van der Waals surface area contributed by atoms with Crippen molar-refractivity contribution in [3.63, 3.8) is 0 Å². The molecular weight excluding hydrogens is 276 g/mol. The molecule has 0 saturated carbocycles. The van der Waals surface area contributed by atoms with E-state index in [1.165, 1.54) is 11.2 Å². The number of hydrogen-bond acceptors (Lipinski definition) is 5. The summed E-state index contributed by atoms with van der Waals surface area (Å²) < 4.78 is 1.81. The second-order valence-corrected chi connectivity index (χ2v) is 5.75. The number of rotatable bonds is 4. The molecule has 2 aromatic rings. The quantitative estimate of drug-likeness (QED) is 0.925. The van der Waals surface area contributed by atoms with Crippen LogP contribution >= 0.6 is 11.3 Å². The first-order valence-electron chi connectivity index (χ1n) is 6.60. The Kier molecular flexibility index (Phi) is 3.54. The predicted molar refractivity (Wildman–Crippen MR) is 74.5 cm³/mol. The van der Waals surface area contributed by atoms with Gasteiger partial charge in [0, 0.05) is 18.0 Å². The first kappa shape index (κ1) is 13.3. The summed E-state index contributed by atoms with van der Waals surface area (Å²) in [6, 6.07) is 1.35. The van der Waals surface area contributed by atoms with Crippen LogP contribution in [0.4, 0.5) is 0 Å². The summed E-state index contributed by atoms with van der Waals surface area (Å²) in [4.78, 5) is 19.0. The zero-order valence-electron chi connectivity index (χ0n) is 11.2. The third kappa shape index (κ3) is 2.23. The van der Waals surface area contributed by atoms with Crippen molar-refractivity contribution in [2.75, 3.05) is 6.54 Å². The molecule has 0 aromatic carbocycles. The molecule has 0 amide bonds. The van der Waals surface area contributed by atoms with Gasteiger partial charge in [0.15, 0.2) is 0 Å². The standard InChI is InChI=1S/C13H16N4O2S/c1-2-17-11(14-8-15-17)7-16-5-3-10-9(4-6-20-10)12(16)13(18)19/h4,6,8,12H,2-3,5,7H2,1H3,(H,18,19). The van der Waals surface area contributed by atoms with Gasteiger partial charge in [-0.3, -0.25) is 9.69 Å². The van der Waals surface area contributed by atoms with Crippen LogP contribution in [0.15, 0.2) is 17.8 Å². The van der Waals surface area contributed by atoms with E-state index < -0.39 is 12.0 Å². The van der Waals surface area contributed by atoms with Crippen LogP contribution in [0, 0.1) is 0 Å². The number of nitrogens with zero attached hydrogens (tertiary/aromatic N) is 4. The first-order valence-corrected chi connectivity index (χ1v) is 7.48. The minimum Gasteiger partial charge on any atom is -0.480 e. The molecular formula is C13H16N4O2S. The van der Waals surface area contributed by atoms with E-state index in [2.05, 4.69) is 10.1 Å². The highest BCUT2D eigenvalue weighted by atomic mass is 32.1. The molecule has 1 unspecified atom stereocenters. The van der Waals surface area contributed by atoms with E-state index in [0.29, 0.717) is 6.54 Å². The van der Waals surface area contributed by atoms with E-state index in [0.717, 1.165) is 30.9 Å². The average molecular weight is 292 g/mol. The minimum absolute atomic E-state index is 0.514. The molecule has 7 heteroatoms. The maximum atomic E-state index is 11.6. The maximum Gasteiger partial charge on any atom is 0.325 e. The smallest absolute Gasteiger partial charge is 0.325 e. The lowest BCUT2D eigenvalue weighted by Gasteiger charge is -2.32. The van der Waals surface area contributed by atoms with Crippen molar-refractivity contribution in [2.24, 2.45) is 0 Å². The summed E-state index contributed by atoms with van der Waals surface area (Å²) >= 11 is 1.64. The number of fused-ring (bicyclic) bond motifs is 1. The molecule has 1 atom stereocenters. The normalized spacial score (nSPS) is 18.9. The summed E-state index contributed by atoms with van der Waals surface area (Å²) in [5.74, 6) is 0.0179. The van der Waals surface area contributed by atoms with Gasteiger partial charge in [0.2, 0.25) is 0 Å². The number of aromatic nitrogens is 3. The fourth-order valence-electron chi connectivity index (χ4n) is 2.68. The Bertz CT molecular complexity index is 621. The van der Waals surface area contributed by atoms with E-state index in [9.17, 15) is 9.90 Å². The van der Waals surface area contributed by atoms with Crippen molar-refractivity contribution in [3.8, 4) is 0 Å². The third-order valence-corrected chi connectivity index (χ3v) is 4.64. The van der Waals surface area contributed by atoms with Crippen LogP contribution in [0.25, 0.3) is 0 Å². The van der Waals surface area contributed by atoms with Gasteiger partial charge in [-0.2, -0.15) is 5.10 Å². The highest BCUT2D eigenvalue weighted by Gasteiger charge is 2.34. The van der Waals surface area contributed by atoms with Crippen LogP contribution in [0.1, 0.15) is 29.2 Å². The second kappa shape index (κ2) is 5.34. The summed E-state index contributed by atoms with van der Waals surface area (Å²) in [5.41, 5.74) is 0.927. The summed E-state index contributed by atoms with van der Waals surface area (Å²) in [5, 5.41) is 15.7. The molecule has 20 heavy (non-hydrogen) atoms. The van der Waals surface area contributed by atoms with Crippen LogP contribution in [0.2, 0.25) is 0 Å². The number of aryl methyl sites for hydroxylation is 1. The lowest BCUT2D eigenvalue weighted by molar-refractivity contribution is -0.144. The van der Waals surface area contributed by atoms with Crippen molar-refractivity contribution in [2.45, 2.75) is 32.5 Å². The van der Waals surface area contributed by atoms with Gasteiger partial charge in [0.25, 0.3) is 0 Å². The maximum absolute atomic E-state index is 11.6. The first-order chi connectivity index (χ1) is 9.70. The Morgan fingerprint density at radius 3 is 3.20 bits per heavy atom. The molecule has 0 spiro atoms. The molecule has 0 aliphatic carbocycles. The van der Waals surface area contributed by atoms with Gasteiger partial charge >= 0.3 is 5.97 Å². The lowest BCUT2D eigenvalue weighted by Crippen LogP contribution is -2.39. The summed E-state index contributed by atoms with van der Waals surface area (Å²) in [6.45, 7) is 3.99. The van der Waals surface area contributed by atoms with Crippen LogP contribution in [0.5, 0.6) is 0 Å². The molecule has 0 bridgehead atoms. The van der Waals surface area contributed by atoms with Crippen molar-refractivity contribution in [1.29, 1.82) is 0 Å². The van der Waals surface area contributed by atoms with E-state index >= 15 is 0 Å². The van der Waals surface area contributed by atoms with E-state index in [4.69, 9.17) is 0 Å². The Balaban J connectivity index is 1.88. The third-order valence-electron chi connectivity index (χ3n) is 3.64. The number of hydrogen-bond donors (Lipinski definition) is 1.